The molecule has 6 nitrogen and oxygen atoms in total. The van der Waals surface area contributed by atoms with E-state index in [0.717, 1.165) is 47.7 Å². The lowest BCUT2D eigenvalue weighted by Crippen LogP contribution is -2.59. The Bertz CT molecular complexity index is 1840. The largest absolute Gasteiger partial charge is 0.399 e. The van der Waals surface area contributed by atoms with Crippen LogP contribution in [0.25, 0.3) is 0 Å². The van der Waals surface area contributed by atoms with Crippen molar-refractivity contribution in [2.24, 2.45) is 0 Å². The lowest BCUT2D eigenvalue weighted by molar-refractivity contribution is -0.147. The number of carbonyl (C=O) groups is 2. The summed E-state index contributed by atoms with van der Waals surface area (Å²) in [6.45, 7) is 1.85. The number of halogens is 5. The molecule has 1 saturated heterocycles. The minimum Gasteiger partial charge on any atom is -0.337 e. The molecule has 1 atom stereocenters. The van der Waals surface area contributed by atoms with Crippen LogP contribution >= 0.6 is 46.6 Å². The van der Waals surface area contributed by atoms with Gasteiger partial charge in [-0.05, 0) is 83.9 Å². The Morgan fingerprint density at radius 3 is 2.08 bits per heavy atom. The Kier molecular flexibility index (Phi) is 11.8. The van der Waals surface area contributed by atoms with E-state index < -0.39 is 28.9 Å². The monoisotopic (exact) mass is 784 g/mol. The molecule has 0 aliphatic carbocycles. The van der Waals surface area contributed by atoms with Crippen LogP contribution in [0.15, 0.2) is 103 Å². The number of likely N-dealkylation sites (N-methyl/N-ethyl adjacent to an activating group) is 2. The van der Waals surface area contributed by atoms with Gasteiger partial charge in [0.05, 0.1) is 21.6 Å². The van der Waals surface area contributed by atoms with Gasteiger partial charge >= 0.3 is 17.3 Å². The van der Waals surface area contributed by atoms with Gasteiger partial charge < -0.3 is 20.0 Å². The molecule has 1 unspecified atom stereocenters. The molecule has 12 heteroatoms. The summed E-state index contributed by atoms with van der Waals surface area (Å²) >= 11 is 20.2. The molecule has 3 amide bonds. The van der Waals surface area contributed by atoms with E-state index in [-0.39, 0.29) is 16.3 Å². The number of nitrogens with zero attached hydrogens (tertiary/aromatic N) is 3. The number of hydrogen-bond donors (Lipinski definition) is 1. The lowest BCUT2D eigenvalue weighted by Gasteiger charge is -2.47. The van der Waals surface area contributed by atoms with Gasteiger partial charge in [0.15, 0.2) is 0 Å². The Hall–Kier alpha value is -3.34. The van der Waals surface area contributed by atoms with Gasteiger partial charge in [0.2, 0.25) is 0 Å². The van der Waals surface area contributed by atoms with Crippen molar-refractivity contribution in [1.82, 2.24) is 20.0 Å². The fourth-order valence-corrected chi connectivity index (χ4v) is 9.54. The molecule has 1 spiro atoms. The van der Waals surface area contributed by atoms with E-state index in [4.69, 9.17) is 34.8 Å². The summed E-state index contributed by atoms with van der Waals surface area (Å²) in [5, 5.41) is -0.409. The number of urea groups is 1. The molecule has 2 aliphatic rings. The second-order valence-electron chi connectivity index (χ2n) is 13.6. The Morgan fingerprint density at radius 2 is 1.48 bits per heavy atom. The molecule has 1 N–H and O–H groups in total. The van der Waals surface area contributed by atoms with Crippen molar-refractivity contribution in [1.29, 1.82) is 0 Å². The number of nitrogens with one attached hydrogen (secondary N) is 1. The van der Waals surface area contributed by atoms with E-state index in [2.05, 4.69) is 34.5 Å². The molecule has 2 aliphatic heterocycles. The molecule has 4 aromatic carbocycles. The van der Waals surface area contributed by atoms with Gasteiger partial charge in [-0.2, -0.15) is 8.78 Å². The number of carbonyl (C=O) groups excluding carboxylic acids is 2. The molecule has 0 saturated carbocycles. The van der Waals surface area contributed by atoms with E-state index in [1.807, 2.05) is 72.4 Å². The van der Waals surface area contributed by atoms with Crippen LogP contribution in [0, 0.1) is 0 Å². The van der Waals surface area contributed by atoms with Gasteiger partial charge in [0.25, 0.3) is 0 Å². The van der Waals surface area contributed by atoms with Crippen LogP contribution in [0.4, 0.5) is 13.6 Å². The topological polar surface area (TPSA) is 55.9 Å². The minimum absolute atomic E-state index is 0.0625. The van der Waals surface area contributed by atoms with E-state index in [0.29, 0.717) is 23.6 Å². The van der Waals surface area contributed by atoms with Gasteiger partial charge in [-0.1, -0.05) is 114 Å². The van der Waals surface area contributed by atoms with E-state index in [1.165, 1.54) is 23.1 Å². The van der Waals surface area contributed by atoms with Crippen LogP contribution in [0.5, 0.6) is 0 Å². The van der Waals surface area contributed by atoms with Crippen LogP contribution in [0.1, 0.15) is 53.1 Å². The summed E-state index contributed by atoms with van der Waals surface area (Å²) in [6, 6.07) is 31.8. The van der Waals surface area contributed by atoms with Crippen LogP contribution in [0.3, 0.4) is 0 Å². The van der Waals surface area contributed by atoms with Crippen LogP contribution in [0.2, 0.25) is 10.0 Å². The predicted molar refractivity (Wildman–Crippen MR) is 207 cm³/mol. The number of thioether (sulfide) groups is 1. The first-order chi connectivity index (χ1) is 24.8. The molecule has 2 heterocycles. The Labute approximate surface area is 323 Å². The summed E-state index contributed by atoms with van der Waals surface area (Å²) in [7, 11) is 2.89. The zero-order chi connectivity index (χ0) is 37.1. The first kappa shape index (κ1) is 38.4. The number of fused-ring (bicyclic) bond motifs is 2. The quantitative estimate of drug-likeness (QED) is 0.154. The van der Waals surface area contributed by atoms with Crippen LogP contribution < -0.4 is 5.32 Å². The smallest absolute Gasteiger partial charge is 0.337 e. The van der Waals surface area contributed by atoms with E-state index >= 15 is 0 Å². The Morgan fingerprint density at radius 1 is 0.885 bits per heavy atom. The maximum Gasteiger partial charge on any atom is 0.399 e. The highest BCUT2D eigenvalue weighted by atomic mass is 35.5. The first-order valence-corrected chi connectivity index (χ1v) is 19.3. The normalized spacial score (nSPS) is 16.7. The SMILES string of the molecule is CN(CC(CCN1CCC2(CC1)SCc1ccccc12)(c1ccc(Cl)c(Cl)c1)N(C)C(=O)NC(c1ccccc1)c1ccccc1)C(=O)C(F)(F)Cl. The van der Waals surface area contributed by atoms with E-state index in [9.17, 15) is 18.4 Å². The summed E-state index contributed by atoms with van der Waals surface area (Å²) < 4.78 is 28.7. The molecule has 0 radical (unpaired) electrons. The fraction of sp³-hybridized carbons (Fsp3) is 0.350. The second kappa shape index (κ2) is 15.9. The molecule has 0 bridgehead atoms. The van der Waals surface area contributed by atoms with Gasteiger partial charge in [0, 0.05) is 37.7 Å². The van der Waals surface area contributed by atoms with Gasteiger partial charge in [-0.25, -0.2) is 4.79 Å². The number of rotatable bonds is 11. The molecule has 0 aromatic heterocycles. The van der Waals surface area contributed by atoms with Crippen molar-refractivity contribution in [2.75, 3.05) is 40.3 Å². The predicted octanol–water partition coefficient (Wildman–Crippen LogP) is 9.54. The summed E-state index contributed by atoms with van der Waals surface area (Å²) in [6.07, 6.45) is 2.20. The van der Waals surface area contributed by atoms with Crippen molar-refractivity contribution in [3.05, 3.63) is 141 Å². The van der Waals surface area contributed by atoms with Crippen molar-refractivity contribution in [3.63, 3.8) is 0 Å². The van der Waals surface area contributed by atoms with Crippen molar-refractivity contribution in [2.45, 2.75) is 46.7 Å². The van der Waals surface area contributed by atoms with Crippen molar-refractivity contribution >= 4 is 58.5 Å². The third-order valence-corrected chi connectivity index (χ3v) is 13.1. The molecular formula is C40H41Cl3F2N4O2S. The molecule has 274 valence electrons. The number of piperidine rings is 1. The molecular weight excluding hydrogens is 745 g/mol. The molecule has 4 aromatic rings. The van der Waals surface area contributed by atoms with Crippen LogP contribution in [-0.2, 0) is 20.8 Å². The summed E-state index contributed by atoms with van der Waals surface area (Å²) in [5.41, 5.74) is 3.72. The summed E-state index contributed by atoms with van der Waals surface area (Å²) in [4.78, 5) is 32.3. The number of hydrogen-bond acceptors (Lipinski definition) is 4. The van der Waals surface area contributed by atoms with E-state index in [1.54, 1.807) is 25.2 Å². The highest BCUT2D eigenvalue weighted by Crippen LogP contribution is 2.53. The maximum absolute atomic E-state index is 14.6. The van der Waals surface area contributed by atoms with Gasteiger partial charge in [-0.3, -0.25) is 4.79 Å². The van der Waals surface area contributed by atoms with Gasteiger partial charge in [0.1, 0.15) is 0 Å². The summed E-state index contributed by atoms with van der Waals surface area (Å²) in [5.74, 6) is -0.578. The third-order valence-electron chi connectivity index (χ3n) is 10.5. The highest BCUT2D eigenvalue weighted by molar-refractivity contribution is 7.99. The average molecular weight is 786 g/mol. The van der Waals surface area contributed by atoms with Gasteiger partial charge in [-0.15, -0.1) is 11.8 Å². The van der Waals surface area contributed by atoms with Crippen LogP contribution in [-0.4, -0.2) is 72.3 Å². The first-order valence-electron chi connectivity index (χ1n) is 17.2. The minimum atomic E-state index is -4.14. The second-order valence-corrected chi connectivity index (χ2v) is 16.3. The Balaban J connectivity index is 1.35. The maximum atomic E-state index is 14.6. The third kappa shape index (κ3) is 8.09. The molecule has 1 fully saturated rings. The lowest BCUT2D eigenvalue weighted by atomic mass is 9.83. The molecule has 6 rings (SSSR count). The number of alkyl halides is 3. The zero-order valence-corrected chi connectivity index (χ0v) is 32.1. The van der Waals surface area contributed by atoms with Crippen molar-refractivity contribution in [3.8, 4) is 0 Å². The molecule has 52 heavy (non-hydrogen) atoms. The number of benzene rings is 4. The van der Waals surface area contributed by atoms with Crippen molar-refractivity contribution < 1.29 is 18.4 Å². The zero-order valence-electron chi connectivity index (χ0n) is 29.0. The standard InChI is InChI=1S/C40H41Cl3F2N4O2S/c1-47(36(50)40(43,44)45)27-38(31-17-18-33(41)34(42)25-31,19-22-49-23-20-39(21-24-49)32-16-10-9-15-30(32)26-52-39)48(2)37(51)46-35(28-11-5-3-6-12-28)29-13-7-4-8-14-29/h3-18,25,35H,19-24,26-27H2,1-2H3,(H,46,51). The fourth-order valence-electron chi connectivity index (χ4n) is 7.59. The average Bonchev–Trinajstić information content (AvgIpc) is 3.51. The highest BCUT2D eigenvalue weighted by Gasteiger charge is 2.47. The number of amides is 3. The number of likely N-dealkylation sites (tertiary alicyclic amines) is 1.